The number of carbonyl (C=O) groups excluding carboxylic acids is 3. The van der Waals surface area contributed by atoms with Gasteiger partial charge in [0.05, 0.1) is 24.8 Å². The summed E-state index contributed by atoms with van der Waals surface area (Å²) in [4.78, 5) is 37.1. The molecule has 6 N–H and O–H groups in total. The van der Waals surface area contributed by atoms with E-state index in [0.717, 1.165) is 0 Å². The van der Waals surface area contributed by atoms with Crippen molar-refractivity contribution in [2.24, 2.45) is 11.7 Å². The molecule has 1 aromatic rings. The Labute approximate surface area is 189 Å². The minimum absolute atomic E-state index is 0.124. The van der Waals surface area contributed by atoms with Gasteiger partial charge in [-0.25, -0.2) is 0 Å². The van der Waals surface area contributed by atoms with E-state index in [0.29, 0.717) is 16.6 Å². The lowest BCUT2D eigenvalue weighted by atomic mass is 9.89. The first-order valence-electron chi connectivity index (χ1n) is 9.84. The molecular formula is C21H28BrN3O6. The Morgan fingerprint density at radius 1 is 1.26 bits per heavy atom. The molecule has 0 fully saturated rings. The van der Waals surface area contributed by atoms with Gasteiger partial charge in [-0.1, -0.05) is 19.9 Å². The van der Waals surface area contributed by atoms with Crippen LogP contribution >= 0.6 is 15.9 Å². The highest BCUT2D eigenvalue weighted by Gasteiger charge is 2.35. The molecule has 0 aromatic heterocycles. The number of nitrogens with one attached hydrogen (secondary N) is 2. The van der Waals surface area contributed by atoms with Gasteiger partial charge in [-0.3, -0.25) is 14.4 Å². The van der Waals surface area contributed by atoms with Crippen LogP contribution in [0, 0.1) is 5.92 Å². The number of aliphatic hydroxyl groups excluding tert-OH is 2. The highest BCUT2D eigenvalue weighted by molar-refractivity contribution is 9.10. The van der Waals surface area contributed by atoms with Gasteiger partial charge in [0, 0.05) is 16.5 Å². The third kappa shape index (κ3) is 6.52. The molecule has 0 saturated heterocycles. The van der Waals surface area contributed by atoms with Crippen molar-refractivity contribution in [3.63, 3.8) is 0 Å². The lowest BCUT2D eigenvalue weighted by molar-refractivity contribution is -0.126. The lowest BCUT2D eigenvalue weighted by Crippen LogP contribution is -2.52. The molecule has 3 amide bonds. The summed E-state index contributed by atoms with van der Waals surface area (Å²) in [6, 6.07) is 2.96. The van der Waals surface area contributed by atoms with Crippen LogP contribution in [0.1, 0.15) is 37.0 Å². The van der Waals surface area contributed by atoms with Crippen molar-refractivity contribution >= 4 is 33.7 Å². The van der Waals surface area contributed by atoms with E-state index in [4.69, 9.17) is 10.5 Å². The second kappa shape index (κ2) is 10.7. The molecule has 1 aliphatic rings. The number of halogens is 1. The molecule has 4 unspecified atom stereocenters. The third-order valence-corrected chi connectivity index (χ3v) is 5.63. The van der Waals surface area contributed by atoms with E-state index in [9.17, 15) is 24.6 Å². The Kier molecular flexibility index (Phi) is 8.60. The topological polar surface area (TPSA) is 151 Å². The molecule has 0 radical (unpaired) electrons. The number of nitrogens with two attached hydrogens (primary N) is 1. The normalized spacial score (nSPS) is 21.8. The number of carbonyl (C=O) groups is 3. The molecule has 0 spiro atoms. The van der Waals surface area contributed by atoms with Crippen molar-refractivity contribution in [3.05, 3.63) is 39.9 Å². The predicted molar refractivity (Wildman–Crippen MR) is 117 cm³/mol. The number of primary amides is 1. The third-order valence-electron chi connectivity index (χ3n) is 4.94. The van der Waals surface area contributed by atoms with Crippen LogP contribution in [0.15, 0.2) is 34.3 Å². The van der Waals surface area contributed by atoms with Crippen molar-refractivity contribution in [1.29, 1.82) is 0 Å². The Morgan fingerprint density at radius 2 is 1.94 bits per heavy atom. The fraction of sp³-hybridized carbons (Fsp3) is 0.476. The summed E-state index contributed by atoms with van der Waals surface area (Å²) in [5.74, 6) is -1.19. The molecule has 0 saturated carbocycles. The van der Waals surface area contributed by atoms with Crippen LogP contribution < -0.4 is 21.1 Å². The van der Waals surface area contributed by atoms with Crippen LogP contribution in [-0.4, -0.2) is 59.3 Å². The summed E-state index contributed by atoms with van der Waals surface area (Å²) in [5.41, 5.74) is 5.78. The predicted octanol–water partition coefficient (Wildman–Crippen LogP) is 0.624. The van der Waals surface area contributed by atoms with Gasteiger partial charge in [-0.2, -0.15) is 0 Å². The molecule has 0 aliphatic heterocycles. The summed E-state index contributed by atoms with van der Waals surface area (Å²) in [6.45, 7) is 3.79. The van der Waals surface area contributed by atoms with Crippen molar-refractivity contribution in [2.45, 2.75) is 51.0 Å². The zero-order valence-corrected chi connectivity index (χ0v) is 19.2. The van der Waals surface area contributed by atoms with Crippen LogP contribution in [0.2, 0.25) is 0 Å². The summed E-state index contributed by atoms with van der Waals surface area (Å²) >= 11 is 3.30. The van der Waals surface area contributed by atoms with Crippen LogP contribution in [0.3, 0.4) is 0 Å². The summed E-state index contributed by atoms with van der Waals surface area (Å²) in [5, 5.41) is 25.8. The second-order valence-corrected chi connectivity index (χ2v) is 8.71. The molecule has 0 bridgehead atoms. The Hall–Kier alpha value is -2.43. The average Bonchev–Trinajstić information content (AvgIpc) is 2.70. The fourth-order valence-electron chi connectivity index (χ4n) is 3.27. The smallest absolute Gasteiger partial charge is 0.253 e. The number of aliphatic hydroxyl groups is 2. The minimum atomic E-state index is -1.31. The van der Waals surface area contributed by atoms with Crippen molar-refractivity contribution in [3.8, 4) is 5.75 Å². The van der Waals surface area contributed by atoms with E-state index in [-0.39, 0.29) is 23.5 Å². The molecule has 4 atom stereocenters. The Bertz CT molecular complexity index is 873. The maximum absolute atomic E-state index is 12.7. The van der Waals surface area contributed by atoms with Gasteiger partial charge in [0.25, 0.3) is 5.91 Å². The average molecular weight is 498 g/mol. The first-order chi connectivity index (χ1) is 14.5. The highest BCUT2D eigenvalue weighted by atomic mass is 79.9. The summed E-state index contributed by atoms with van der Waals surface area (Å²) in [7, 11) is 1.47. The Balaban J connectivity index is 2.21. The molecule has 2 rings (SSSR count). The molecule has 31 heavy (non-hydrogen) atoms. The van der Waals surface area contributed by atoms with Gasteiger partial charge in [0.1, 0.15) is 17.9 Å². The lowest BCUT2D eigenvalue weighted by Gasteiger charge is -2.31. The van der Waals surface area contributed by atoms with Crippen LogP contribution in [-0.2, 0) is 9.59 Å². The number of methoxy groups -OCH3 is 1. The fourth-order valence-corrected chi connectivity index (χ4v) is 3.69. The Morgan fingerprint density at radius 3 is 2.52 bits per heavy atom. The first-order valence-corrected chi connectivity index (χ1v) is 10.6. The van der Waals surface area contributed by atoms with Crippen molar-refractivity contribution < 1.29 is 29.3 Å². The first kappa shape index (κ1) is 24.8. The molecule has 170 valence electrons. The maximum Gasteiger partial charge on any atom is 0.253 e. The maximum atomic E-state index is 12.7. The summed E-state index contributed by atoms with van der Waals surface area (Å²) < 4.78 is 5.64. The molecule has 10 heteroatoms. The van der Waals surface area contributed by atoms with Gasteiger partial charge in [-0.05, 0) is 46.5 Å². The zero-order chi connectivity index (χ0) is 23.3. The number of benzene rings is 1. The number of hydrogen-bond acceptors (Lipinski definition) is 6. The van der Waals surface area contributed by atoms with Gasteiger partial charge >= 0.3 is 0 Å². The quantitative estimate of drug-likeness (QED) is 0.355. The SMILES string of the molecule is COc1ccc(Br)c(C(=O)NC2C=C(C(=O)NC(CC(C)C)C(N)=O)CC(O)C2O)c1. The van der Waals surface area contributed by atoms with Crippen LogP contribution in [0.25, 0.3) is 0 Å². The molecule has 1 aromatic carbocycles. The van der Waals surface area contributed by atoms with E-state index in [1.807, 2.05) is 13.8 Å². The number of amides is 3. The minimum Gasteiger partial charge on any atom is -0.497 e. The largest absolute Gasteiger partial charge is 0.497 e. The summed E-state index contributed by atoms with van der Waals surface area (Å²) in [6.07, 6.45) is -0.972. The highest BCUT2D eigenvalue weighted by Crippen LogP contribution is 2.24. The number of rotatable bonds is 8. The standard InChI is InChI=1S/C21H28BrN3O6/c1-10(2)6-16(19(23)28)25-20(29)11-7-15(18(27)17(26)8-11)24-21(30)13-9-12(31-3)4-5-14(13)22/h4-5,7,9-10,15-18,26-27H,6,8H2,1-3H3,(H2,23,28)(H,24,30)(H,25,29). The van der Waals surface area contributed by atoms with Crippen molar-refractivity contribution in [2.75, 3.05) is 7.11 Å². The second-order valence-electron chi connectivity index (χ2n) is 7.86. The van der Waals surface area contributed by atoms with E-state index < -0.39 is 42.0 Å². The van der Waals surface area contributed by atoms with E-state index in [2.05, 4.69) is 26.6 Å². The number of ether oxygens (including phenoxy) is 1. The van der Waals surface area contributed by atoms with Gasteiger partial charge in [0.15, 0.2) is 0 Å². The zero-order valence-electron chi connectivity index (χ0n) is 17.6. The van der Waals surface area contributed by atoms with Gasteiger partial charge < -0.3 is 31.3 Å². The monoisotopic (exact) mass is 497 g/mol. The molecule has 0 heterocycles. The number of hydrogen-bond donors (Lipinski definition) is 5. The van der Waals surface area contributed by atoms with Gasteiger partial charge in [-0.15, -0.1) is 0 Å². The van der Waals surface area contributed by atoms with E-state index in [1.54, 1.807) is 12.1 Å². The molecule has 1 aliphatic carbocycles. The molecule has 9 nitrogen and oxygen atoms in total. The van der Waals surface area contributed by atoms with Crippen LogP contribution in [0.4, 0.5) is 0 Å². The van der Waals surface area contributed by atoms with Gasteiger partial charge in [0.2, 0.25) is 11.8 Å². The van der Waals surface area contributed by atoms with E-state index in [1.165, 1.54) is 19.3 Å². The van der Waals surface area contributed by atoms with Crippen LogP contribution in [0.5, 0.6) is 5.75 Å². The van der Waals surface area contributed by atoms with Crippen molar-refractivity contribution in [1.82, 2.24) is 10.6 Å². The van der Waals surface area contributed by atoms with E-state index >= 15 is 0 Å². The molecular weight excluding hydrogens is 470 g/mol.